The van der Waals surface area contributed by atoms with Gasteiger partial charge in [-0.15, -0.1) is 0 Å². The summed E-state index contributed by atoms with van der Waals surface area (Å²) in [4.78, 5) is 11.6. The molecule has 94 valence electrons. The molecule has 0 unspecified atom stereocenters. The van der Waals surface area contributed by atoms with Gasteiger partial charge in [-0.2, -0.15) is 13.2 Å². The summed E-state index contributed by atoms with van der Waals surface area (Å²) in [5, 5.41) is 0. The Kier molecular flexibility index (Phi) is 4.11. The minimum Gasteiger partial charge on any atom is -0.496 e. The zero-order valence-corrected chi connectivity index (χ0v) is 9.17. The van der Waals surface area contributed by atoms with Crippen LogP contribution in [0.4, 0.5) is 13.2 Å². The molecule has 1 aromatic carbocycles. The molecule has 0 atom stereocenters. The largest absolute Gasteiger partial charge is 0.496 e. The van der Waals surface area contributed by atoms with Gasteiger partial charge in [-0.25, -0.2) is 0 Å². The van der Waals surface area contributed by atoms with Crippen molar-refractivity contribution in [3.8, 4) is 5.75 Å². The maximum absolute atomic E-state index is 12.7. The van der Waals surface area contributed by atoms with Gasteiger partial charge < -0.3 is 10.5 Å². The lowest BCUT2D eigenvalue weighted by Crippen LogP contribution is -2.16. The number of methoxy groups -OCH3 is 1. The molecule has 0 amide bonds. The number of hydrogen-bond acceptors (Lipinski definition) is 3. The van der Waals surface area contributed by atoms with Crippen molar-refractivity contribution >= 4 is 5.78 Å². The maximum atomic E-state index is 12.7. The van der Waals surface area contributed by atoms with Gasteiger partial charge in [-0.1, -0.05) is 6.07 Å². The molecule has 2 N–H and O–H groups in total. The highest BCUT2D eigenvalue weighted by Gasteiger charge is 2.36. The molecule has 0 fully saturated rings. The van der Waals surface area contributed by atoms with Crippen molar-refractivity contribution in [1.82, 2.24) is 0 Å². The van der Waals surface area contributed by atoms with Gasteiger partial charge in [-0.05, 0) is 18.7 Å². The number of halogens is 3. The van der Waals surface area contributed by atoms with Gasteiger partial charge in [0.05, 0.1) is 18.2 Å². The van der Waals surface area contributed by atoms with Crippen LogP contribution in [0.5, 0.6) is 5.75 Å². The number of carbonyl (C=O) groups excluding carboxylic acids is 1. The molecule has 17 heavy (non-hydrogen) atoms. The topological polar surface area (TPSA) is 52.3 Å². The molecule has 0 bridgehead atoms. The molecule has 0 aliphatic carbocycles. The Hall–Kier alpha value is -1.56. The number of benzene rings is 1. The lowest BCUT2D eigenvalue weighted by atomic mass is 10.00. The normalized spacial score (nSPS) is 11.4. The van der Waals surface area contributed by atoms with E-state index in [1.54, 1.807) is 0 Å². The van der Waals surface area contributed by atoms with Gasteiger partial charge in [0.2, 0.25) is 0 Å². The Morgan fingerprint density at radius 3 is 2.53 bits per heavy atom. The van der Waals surface area contributed by atoms with Crippen molar-refractivity contribution in [1.29, 1.82) is 0 Å². The molecule has 6 heteroatoms. The van der Waals surface area contributed by atoms with E-state index in [0.29, 0.717) is 0 Å². The van der Waals surface area contributed by atoms with E-state index in [1.165, 1.54) is 19.2 Å². The summed E-state index contributed by atoms with van der Waals surface area (Å²) in [6.45, 7) is -0.00577. The van der Waals surface area contributed by atoms with Crippen LogP contribution in [-0.4, -0.2) is 19.4 Å². The number of carbonyl (C=O) groups is 1. The first-order chi connectivity index (χ1) is 7.91. The second kappa shape index (κ2) is 5.18. The smallest absolute Gasteiger partial charge is 0.417 e. The Morgan fingerprint density at radius 2 is 2.06 bits per heavy atom. The average molecular weight is 247 g/mol. The van der Waals surface area contributed by atoms with E-state index in [9.17, 15) is 18.0 Å². The van der Waals surface area contributed by atoms with E-state index >= 15 is 0 Å². The Labute approximate surface area is 96.4 Å². The van der Waals surface area contributed by atoms with Gasteiger partial charge in [0, 0.05) is 6.42 Å². The molecule has 0 aliphatic heterocycles. The summed E-state index contributed by atoms with van der Waals surface area (Å²) < 4.78 is 43.0. The van der Waals surface area contributed by atoms with E-state index in [4.69, 9.17) is 10.5 Å². The first-order valence-corrected chi connectivity index (χ1v) is 4.89. The van der Waals surface area contributed by atoms with Crippen molar-refractivity contribution in [3.05, 3.63) is 29.3 Å². The lowest BCUT2D eigenvalue weighted by molar-refractivity contribution is -0.138. The number of rotatable bonds is 4. The number of nitrogens with two attached hydrogens (primary N) is 1. The molecule has 0 radical (unpaired) electrons. The molecule has 0 spiro atoms. The van der Waals surface area contributed by atoms with Crippen LogP contribution in [0, 0.1) is 0 Å². The summed E-state index contributed by atoms with van der Waals surface area (Å²) in [7, 11) is 1.22. The highest BCUT2D eigenvalue weighted by Crippen LogP contribution is 2.36. The lowest BCUT2D eigenvalue weighted by Gasteiger charge is -2.14. The zero-order chi connectivity index (χ0) is 13.1. The predicted octanol–water partition coefficient (Wildman–Crippen LogP) is 2.25. The molecule has 3 nitrogen and oxygen atoms in total. The molecule has 0 heterocycles. The Bertz CT molecular complexity index is 416. The predicted molar refractivity (Wildman–Crippen MR) is 56.0 cm³/mol. The summed E-state index contributed by atoms with van der Waals surface area (Å²) in [5.74, 6) is -0.754. The van der Waals surface area contributed by atoms with Crippen molar-refractivity contribution < 1.29 is 22.7 Å². The van der Waals surface area contributed by atoms with Crippen LogP contribution in [0.25, 0.3) is 0 Å². The molecule has 1 rings (SSSR count). The molecule has 0 aromatic heterocycles. The minimum absolute atomic E-state index is 0.00577. The first kappa shape index (κ1) is 13.5. The number of Topliss-reactive ketones (excluding diaryl/α,β-unsaturated/α-hetero) is 1. The highest BCUT2D eigenvalue weighted by molar-refractivity contribution is 6.00. The Balaban J connectivity index is 3.36. The van der Waals surface area contributed by atoms with Gasteiger partial charge in [0.1, 0.15) is 5.75 Å². The third-order valence-corrected chi connectivity index (χ3v) is 2.20. The van der Waals surface area contributed by atoms with Gasteiger partial charge in [0.25, 0.3) is 0 Å². The quantitative estimate of drug-likeness (QED) is 0.830. The SMILES string of the molecule is COc1cccc(C(F)(F)F)c1C(=O)CCN. The summed E-state index contributed by atoms with van der Waals surface area (Å²) in [6, 6.07) is 3.37. The van der Waals surface area contributed by atoms with Crippen LogP contribution < -0.4 is 10.5 Å². The molecule has 0 saturated carbocycles. The summed E-state index contributed by atoms with van der Waals surface area (Å²) >= 11 is 0. The average Bonchev–Trinajstić information content (AvgIpc) is 2.27. The van der Waals surface area contributed by atoms with Gasteiger partial charge in [-0.3, -0.25) is 4.79 Å². The standard InChI is InChI=1S/C11H12F3NO2/c1-17-9-4-2-3-7(11(12,13)14)10(9)8(16)5-6-15/h2-4H,5-6,15H2,1H3. The highest BCUT2D eigenvalue weighted by atomic mass is 19.4. The monoisotopic (exact) mass is 247 g/mol. The van der Waals surface area contributed by atoms with E-state index in [2.05, 4.69) is 0 Å². The van der Waals surface area contributed by atoms with Gasteiger partial charge >= 0.3 is 6.18 Å². The van der Waals surface area contributed by atoms with Gasteiger partial charge in [0.15, 0.2) is 5.78 Å². The van der Waals surface area contributed by atoms with E-state index < -0.39 is 23.1 Å². The fourth-order valence-electron chi connectivity index (χ4n) is 1.48. The van der Waals surface area contributed by atoms with Crippen molar-refractivity contribution in [2.24, 2.45) is 5.73 Å². The summed E-state index contributed by atoms with van der Waals surface area (Å²) in [6.07, 6.45) is -4.74. The molecule has 0 saturated heterocycles. The molecular formula is C11H12F3NO2. The molecular weight excluding hydrogens is 235 g/mol. The second-order valence-corrected chi connectivity index (χ2v) is 3.34. The van der Waals surface area contributed by atoms with Crippen molar-refractivity contribution in [3.63, 3.8) is 0 Å². The third kappa shape index (κ3) is 2.97. The van der Waals surface area contributed by atoms with E-state index in [1.807, 2.05) is 0 Å². The maximum Gasteiger partial charge on any atom is 0.417 e. The number of ether oxygens (including phenoxy) is 1. The fraction of sp³-hybridized carbons (Fsp3) is 0.364. The minimum atomic E-state index is -4.59. The molecule has 0 aliphatic rings. The van der Waals surface area contributed by atoms with Crippen LogP contribution >= 0.6 is 0 Å². The van der Waals surface area contributed by atoms with Crippen LogP contribution in [0.3, 0.4) is 0 Å². The van der Waals surface area contributed by atoms with Crippen LogP contribution in [0.2, 0.25) is 0 Å². The third-order valence-electron chi connectivity index (χ3n) is 2.20. The Morgan fingerprint density at radius 1 is 1.41 bits per heavy atom. The summed E-state index contributed by atoms with van der Waals surface area (Å²) in [5.41, 5.74) is 3.73. The van der Waals surface area contributed by atoms with Crippen molar-refractivity contribution in [2.45, 2.75) is 12.6 Å². The second-order valence-electron chi connectivity index (χ2n) is 3.34. The van der Waals surface area contributed by atoms with Crippen LogP contribution in [-0.2, 0) is 6.18 Å². The number of alkyl halides is 3. The van der Waals surface area contributed by atoms with E-state index in [0.717, 1.165) is 6.07 Å². The van der Waals surface area contributed by atoms with Crippen LogP contribution in [0.1, 0.15) is 22.3 Å². The molecule has 1 aromatic rings. The number of hydrogen-bond donors (Lipinski definition) is 1. The first-order valence-electron chi connectivity index (χ1n) is 4.89. The van der Waals surface area contributed by atoms with Crippen LogP contribution in [0.15, 0.2) is 18.2 Å². The fourth-order valence-corrected chi connectivity index (χ4v) is 1.48. The zero-order valence-electron chi connectivity index (χ0n) is 9.17. The van der Waals surface area contributed by atoms with Crippen molar-refractivity contribution in [2.75, 3.05) is 13.7 Å². The number of ketones is 1. The van der Waals surface area contributed by atoms with E-state index in [-0.39, 0.29) is 18.7 Å².